The van der Waals surface area contributed by atoms with Gasteiger partial charge < -0.3 is 15.0 Å². The molecule has 1 aliphatic heterocycles. The Bertz CT molecular complexity index is 684. The summed E-state index contributed by atoms with van der Waals surface area (Å²) >= 11 is 1.43. The first-order chi connectivity index (χ1) is 12.1. The second-order valence-corrected chi connectivity index (χ2v) is 7.21. The molecule has 2 heterocycles. The molecule has 1 N–H and O–H groups in total. The Hall–Kier alpha value is -2.05. The molecule has 0 saturated carbocycles. The number of ether oxygens (including phenoxy) is 1. The summed E-state index contributed by atoms with van der Waals surface area (Å²) in [5.74, 6) is 0.314. The molecule has 3 rings (SSSR count). The topological polar surface area (TPSA) is 54.5 Å². The predicted octanol–water partition coefficient (Wildman–Crippen LogP) is 3.43. The lowest BCUT2D eigenvalue weighted by Crippen LogP contribution is -2.45. The first-order valence-electron chi connectivity index (χ1n) is 8.44. The summed E-state index contributed by atoms with van der Waals surface area (Å²) in [5.41, 5.74) is 1.97. The van der Waals surface area contributed by atoms with Crippen molar-refractivity contribution in [2.24, 2.45) is 0 Å². The Balaban J connectivity index is 1.52. The number of nitrogens with one attached hydrogen (secondary N) is 1. The van der Waals surface area contributed by atoms with E-state index in [0.717, 1.165) is 29.5 Å². The summed E-state index contributed by atoms with van der Waals surface area (Å²) < 4.78 is 5.77. The SMILES string of the molecule is C[C@H]1CN(c2ccc(NC(=O)CSc3ccccn3)cc2)C[C@H](C)O1. The van der Waals surface area contributed by atoms with E-state index in [2.05, 4.69) is 29.0 Å². The van der Waals surface area contributed by atoms with Crippen LogP contribution in [-0.4, -0.2) is 41.9 Å². The fourth-order valence-corrected chi connectivity index (χ4v) is 3.57. The van der Waals surface area contributed by atoms with E-state index in [-0.39, 0.29) is 18.1 Å². The largest absolute Gasteiger partial charge is 0.372 e. The average Bonchev–Trinajstić information content (AvgIpc) is 2.61. The van der Waals surface area contributed by atoms with Crippen LogP contribution in [0.5, 0.6) is 0 Å². The number of carbonyl (C=O) groups is 1. The van der Waals surface area contributed by atoms with Gasteiger partial charge in [-0.3, -0.25) is 4.79 Å². The third kappa shape index (κ3) is 5.21. The molecule has 5 nitrogen and oxygen atoms in total. The van der Waals surface area contributed by atoms with Gasteiger partial charge >= 0.3 is 0 Å². The molecule has 1 aromatic carbocycles. The van der Waals surface area contributed by atoms with Gasteiger partial charge in [0.2, 0.25) is 5.91 Å². The molecule has 2 aromatic rings. The fourth-order valence-electron chi connectivity index (χ4n) is 2.91. The van der Waals surface area contributed by atoms with E-state index in [0.29, 0.717) is 5.75 Å². The van der Waals surface area contributed by atoms with Crippen LogP contribution in [0.2, 0.25) is 0 Å². The van der Waals surface area contributed by atoms with Crippen LogP contribution in [0.15, 0.2) is 53.7 Å². The van der Waals surface area contributed by atoms with Crippen LogP contribution < -0.4 is 10.2 Å². The van der Waals surface area contributed by atoms with Crippen molar-refractivity contribution in [2.45, 2.75) is 31.1 Å². The van der Waals surface area contributed by atoms with Gasteiger partial charge in [0.15, 0.2) is 0 Å². The molecule has 25 heavy (non-hydrogen) atoms. The zero-order valence-electron chi connectivity index (χ0n) is 14.5. The van der Waals surface area contributed by atoms with Crippen LogP contribution in [0.3, 0.4) is 0 Å². The number of aromatic nitrogens is 1. The van der Waals surface area contributed by atoms with Crippen molar-refractivity contribution in [3.05, 3.63) is 48.7 Å². The van der Waals surface area contributed by atoms with Crippen LogP contribution in [0.25, 0.3) is 0 Å². The van der Waals surface area contributed by atoms with E-state index < -0.39 is 0 Å². The quantitative estimate of drug-likeness (QED) is 0.831. The number of nitrogens with zero attached hydrogens (tertiary/aromatic N) is 2. The zero-order valence-corrected chi connectivity index (χ0v) is 15.3. The lowest BCUT2D eigenvalue weighted by molar-refractivity contribution is -0.113. The monoisotopic (exact) mass is 357 g/mol. The van der Waals surface area contributed by atoms with Crippen LogP contribution in [0.1, 0.15) is 13.8 Å². The maximum atomic E-state index is 12.1. The van der Waals surface area contributed by atoms with Crippen molar-refractivity contribution in [2.75, 3.05) is 29.1 Å². The van der Waals surface area contributed by atoms with Gasteiger partial charge in [-0.25, -0.2) is 4.98 Å². The van der Waals surface area contributed by atoms with Crippen LogP contribution in [-0.2, 0) is 9.53 Å². The number of morpholine rings is 1. The lowest BCUT2D eigenvalue weighted by Gasteiger charge is -2.36. The zero-order chi connectivity index (χ0) is 17.6. The molecular formula is C19H23N3O2S. The number of hydrogen-bond acceptors (Lipinski definition) is 5. The van der Waals surface area contributed by atoms with Crippen LogP contribution >= 0.6 is 11.8 Å². The minimum Gasteiger partial charge on any atom is -0.372 e. The number of benzene rings is 1. The highest BCUT2D eigenvalue weighted by atomic mass is 32.2. The molecule has 1 aromatic heterocycles. The molecule has 6 heteroatoms. The van der Waals surface area contributed by atoms with Crippen molar-refractivity contribution >= 4 is 29.0 Å². The van der Waals surface area contributed by atoms with E-state index in [4.69, 9.17) is 4.74 Å². The number of hydrogen-bond donors (Lipinski definition) is 1. The van der Waals surface area contributed by atoms with E-state index in [1.165, 1.54) is 11.8 Å². The highest BCUT2D eigenvalue weighted by Gasteiger charge is 2.22. The van der Waals surface area contributed by atoms with Crippen molar-refractivity contribution in [3.8, 4) is 0 Å². The summed E-state index contributed by atoms with van der Waals surface area (Å²) in [6.45, 7) is 5.96. The molecule has 132 valence electrons. The second-order valence-electron chi connectivity index (χ2n) is 6.21. The molecule has 0 aliphatic carbocycles. The fraction of sp³-hybridized carbons (Fsp3) is 0.368. The smallest absolute Gasteiger partial charge is 0.234 e. The second kappa shape index (κ2) is 8.36. The van der Waals surface area contributed by atoms with Crippen molar-refractivity contribution in [1.29, 1.82) is 0 Å². The Kier molecular flexibility index (Phi) is 5.94. The third-order valence-corrected chi connectivity index (χ3v) is 4.87. The van der Waals surface area contributed by atoms with E-state index in [9.17, 15) is 4.79 Å². The van der Waals surface area contributed by atoms with Gasteiger partial charge in [0.05, 0.1) is 23.0 Å². The van der Waals surface area contributed by atoms with Crippen molar-refractivity contribution < 1.29 is 9.53 Å². The molecule has 1 amide bonds. The number of pyridine rings is 1. The highest BCUT2D eigenvalue weighted by molar-refractivity contribution is 7.99. The standard InChI is InChI=1S/C19H23N3O2S/c1-14-11-22(12-15(2)24-14)17-8-6-16(7-9-17)21-18(23)13-25-19-5-3-4-10-20-19/h3-10,14-15H,11-13H2,1-2H3,(H,21,23)/t14-,15-/m0/s1. The minimum absolute atomic E-state index is 0.0305. The average molecular weight is 357 g/mol. The predicted molar refractivity (Wildman–Crippen MR) is 102 cm³/mol. The third-order valence-electron chi connectivity index (χ3n) is 3.92. The Labute approximate surface area is 152 Å². The molecule has 2 atom stereocenters. The molecule has 1 saturated heterocycles. The maximum Gasteiger partial charge on any atom is 0.234 e. The number of thioether (sulfide) groups is 1. The molecular weight excluding hydrogens is 334 g/mol. The number of carbonyl (C=O) groups excluding carboxylic acids is 1. The van der Waals surface area contributed by atoms with Crippen molar-refractivity contribution in [3.63, 3.8) is 0 Å². The number of rotatable bonds is 5. The van der Waals surface area contributed by atoms with Gasteiger partial charge in [-0.2, -0.15) is 0 Å². The highest BCUT2D eigenvalue weighted by Crippen LogP contribution is 2.22. The lowest BCUT2D eigenvalue weighted by atomic mass is 10.2. The summed E-state index contributed by atoms with van der Waals surface area (Å²) in [5, 5.41) is 3.78. The molecule has 0 unspecified atom stereocenters. The van der Waals surface area contributed by atoms with Crippen molar-refractivity contribution in [1.82, 2.24) is 4.98 Å². The maximum absolute atomic E-state index is 12.1. The normalized spacial score (nSPS) is 20.3. The molecule has 1 fully saturated rings. The van der Waals surface area contributed by atoms with Gasteiger partial charge in [0, 0.05) is 30.7 Å². The first-order valence-corrected chi connectivity index (χ1v) is 9.43. The molecule has 0 bridgehead atoms. The molecule has 0 radical (unpaired) electrons. The van der Waals surface area contributed by atoms with Crippen LogP contribution in [0, 0.1) is 0 Å². The summed E-state index contributed by atoms with van der Waals surface area (Å²) in [6.07, 6.45) is 2.19. The van der Waals surface area contributed by atoms with Gasteiger partial charge in [-0.05, 0) is 50.2 Å². The Morgan fingerprint density at radius 2 is 1.92 bits per heavy atom. The molecule has 1 aliphatic rings. The van der Waals surface area contributed by atoms with Gasteiger partial charge in [0.1, 0.15) is 0 Å². The molecule has 0 spiro atoms. The van der Waals surface area contributed by atoms with Gasteiger partial charge in [-0.15, -0.1) is 0 Å². The summed E-state index contributed by atoms with van der Waals surface area (Å²) in [4.78, 5) is 18.6. The minimum atomic E-state index is -0.0305. The number of anilines is 2. The Morgan fingerprint density at radius 1 is 1.20 bits per heavy atom. The van der Waals surface area contributed by atoms with E-state index >= 15 is 0 Å². The van der Waals surface area contributed by atoms with Crippen LogP contribution in [0.4, 0.5) is 11.4 Å². The first kappa shape index (κ1) is 17.8. The summed E-state index contributed by atoms with van der Waals surface area (Å²) in [6, 6.07) is 13.7. The van der Waals surface area contributed by atoms with E-state index in [1.54, 1.807) is 6.20 Å². The number of amides is 1. The van der Waals surface area contributed by atoms with Gasteiger partial charge in [-0.1, -0.05) is 17.8 Å². The Morgan fingerprint density at radius 3 is 2.56 bits per heavy atom. The van der Waals surface area contributed by atoms with E-state index in [1.807, 2.05) is 42.5 Å². The van der Waals surface area contributed by atoms with Gasteiger partial charge in [0.25, 0.3) is 0 Å². The summed E-state index contributed by atoms with van der Waals surface area (Å²) in [7, 11) is 0.